The fraction of sp³-hybridized carbons (Fsp3) is 0.632. The van der Waals surface area contributed by atoms with Gasteiger partial charge in [-0.15, -0.1) is 0 Å². The van der Waals surface area contributed by atoms with Crippen molar-refractivity contribution >= 4 is 15.9 Å². The minimum absolute atomic E-state index is 0.189. The van der Waals surface area contributed by atoms with E-state index in [1.165, 1.54) is 11.4 Å². The molecule has 1 N–H and O–H groups in total. The molecule has 0 bridgehead atoms. The monoisotopic (exact) mass is 397 g/mol. The molecule has 1 aliphatic carbocycles. The van der Waals surface area contributed by atoms with Crippen molar-refractivity contribution in [3.05, 3.63) is 23.3 Å². The molecule has 1 amide bonds. The van der Waals surface area contributed by atoms with E-state index in [0.717, 1.165) is 30.5 Å². The number of nitrogens with zero attached hydrogens (tertiary/aromatic N) is 2. The van der Waals surface area contributed by atoms with Crippen molar-refractivity contribution in [2.45, 2.75) is 44.6 Å². The summed E-state index contributed by atoms with van der Waals surface area (Å²) in [5, 5.41) is 2.52. The van der Waals surface area contributed by atoms with Crippen molar-refractivity contribution in [2.24, 2.45) is 0 Å². The number of rotatable bonds is 10. The summed E-state index contributed by atoms with van der Waals surface area (Å²) in [5.41, 5.74) is 1.51. The average molecular weight is 398 g/mol. The smallest absolute Gasteiger partial charge is 0.243 e. The van der Waals surface area contributed by atoms with Crippen LogP contribution in [-0.4, -0.2) is 69.9 Å². The van der Waals surface area contributed by atoms with Crippen LogP contribution in [0.3, 0.4) is 0 Å². The maximum atomic E-state index is 13.3. The molecular weight excluding hydrogens is 366 g/mol. The highest BCUT2D eigenvalue weighted by atomic mass is 32.2. The molecule has 0 saturated heterocycles. The number of carbonyl (C=O) groups excluding carboxylic acids is 1. The predicted octanol–water partition coefficient (Wildman–Crippen LogP) is 1.53. The van der Waals surface area contributed by atoms with Crippen LogP contribution >= 0.6 is 0 Å². The Kier molecular flexibility index (Phi) is 7.25. The lowest BCUT2D eigenvalue weighted by molar-refractivity contribution is -0.120. The quantitative estimate of drug-likeness (QED) is 0.648. The molecule has 0 aromatic heterocycles. The largest absolute Gasteiger partial charge is 0.496 e. The molecule has 1 aliphatic rings. The molecule has 27 heavy (non-hydrogen) atoms. The lowest BCUT2D eigenvalue weighted by Crippen LogP contribution is -2.44. The molecular formula is C19H31N3O4S. The number of ether oxygens (including phenoxy) is 1. The van der Waals surface area contributed by atoms with Gasteiger partial charge in [0, 0.05) is 26.2 Å². The minimum atomic E-state index is -3.80. The molecule has 0 spiro atoms. The van der Waals surface area contributed by atoms with Gasteiger partial charge in [-0.05, 0) is 56.5 Å². The first kappa shape index (κ1) is 21.7. The number of likely N-dealkylation sites (N-methyl/N-ethyl adjacent to an activating group) is 2. The fourth-order valence-electron chi connectivity index (χ4n) is 3.33. The number of benzene rings is 1. The van der Waals surface area contributed by atoms with Crippen LogP contribution in [0.5, 0.6) is 5.75 Å². The van der Waals surface area contributed by atoms with Gasteiger partial charge in [-0.3, -0.25) is 9.69 Å². The van der Waals surface area contributed by atoms with Crippen LogP contribution in [0.25, 0.3) is 0 Å². The SMILES string of the molecule is CCN(CCN(CC(=O)NC)S(=O)(=O)c1cc(C)c(OC)c(C)c1)C1CC1. The Balaban J connectivity index is 2.30. The summed E-state index contributed by atoms with van der Waals surface area (Å²) in [6.45, 7) is 7.30. The fourth-order valence-corrected chi connectivity index (χ4v) is 4.89. The van der Waals surface area contributed by atoms with Gasteiger partial charge in [-0.25, -0.2) is 8.42 Å². The highest BCUT2D eigenvalue weighted by Crippen LogP contribution is 2.29. The van der Waals surface area contributed by atoms with E-state index in [0.29, 0.717) is 18.3 Å². The van der Waals surface area contributed by atoms with E-state index in [-0.39, 0.29) is 23.9 Å². The summed E-state index contributed by atoms with van der Waals surface area (Å²) in [6.07, 6.45) is 2.32. The third-order valence-electron chi connectivity index (χ3n) is 4.98. The first-order valence-electron chi connectivity index (χ1n) is 9.34. The highest BCUT2D eigenvalue weighted by Gasteiger charge is 2.31. The maximum absolute atomic E-state index is 13.3. The van der Waals surface area contributed by atoms with Crippen LogP contribution < -0.4 is 10.1 Å². The van der Waals surface area contributed by atoms with Crippen molar-refractivity contribution in [1.29, 1.82) is 0 Å². The molecule has 8 heteroatoms. The Morgan fingerprint density at radius 3 is 2.26 bits per heavy atom. The van der Waals surface area contributed by atoms with Gasteiger partial charge >= 0.3 is 0 Å². The van der Waals surface area contributed by atoms with Crippen molar-refractivity contribution in [1.82, 2.24) is 14.5 Å². The normalized spacial score (nSPS) is 14.6. The van der Waals surface area contributed by atoms with Crippen LogP contribution in [-0.2, 0) is 14.8 Å². The summed E-state index contributed by atoms with van der Waals surface area (Å²) in [6, 6.07) is 3.76. The molecule has 0 radical (unpaired) electrons. The van der Waals surface area contributed by atoms with Gasteiger partial charge in [-0.1, -0.05) is 6.92 Å². The topological polar surface area (TPSA) is 79.0 Å². The van der Waals surface area contributed by atoms with E-state index >= 15 is 0 Å². The number of nitrogens with one attached hydrogen (secondary N) is 1. The van der Waals surface area contributed by atoms with Gasteiger partial charge in [0.1, 0.15) is 5.75 Å². The zero-order valence-electron chi connectivity index (χ0n) is 16.9. The van der Waals surface area contributed by atoms with Crippen LogP contribution in [0.1, 0.15) is 30.9 Å². The maximum Gasteiger partial charge on any atom is 0.243 e. The van der Waals surface area contributed by atoms with Gasteiger partial charge in [0.05, 0.1) is 18.6 Å². The predicted molar refractivity (Wildman–Crippen MR) is 106 cm³/mol. The van der Waals surface area contributed by atoms with Crippen LogP contribution in [0.4, 0.5) is 0 Å². The molecule has 2 rings (SSSR count). The van der Waals surface area contributed by atoms with Crippen LogP contribution in [0, 0.1) is 13.8 Å². The summed E-state index contributed by atoms with van der Waals surface area (Å²) < 4.78 is 33.1. The second-order valence-corrected chi connectivity index (χ2v) is 8.90. The Morgan fingerprint density at radius 1 is 1.22 bits per heavy atom. The van der Waals surface area contributed by atoms with Crippen molar-refractivity contribution < 1.29 is 17.9 Å². The van der Waals surface area contributed by atoms with Crippen molar-refractivity contribution in [3.8, 4) is 5.75 Å². The van der Waals surface area contributed by atoms with Crippen LogP contribution in [0.2, 0.25) is 0 Å². The third kappa shape index (κ3) is 5.21. The van der Waals surface area contributed by atoms with Crippen LogP contribution in [0.15, 0.2) is 17.0 Å². The standard InChI is InChI=1S/C19H31N3O4S/c1-6-21(16-7-8-16)9-10-22(13-18(23)20-4)27(24,25)17-11-14(2)19(26-5)15(3)12-17/h11-12,16H,6-10,13H2,1-5H3,(H,20,23). The summed E-state index contributed by atoms with van der Waals surface area (Å²) in [4.78, 5) is 14.4. The number of methoxy groups -OCH3 is 1. The van der Waals surface area contributed by atoms with Gasteiger partial charge in [-0.2, -0.15) is 4.31 Å². The number of carbonyl (C=O) groups is 1. The van der Waals surface area contributed by atoms with E-state index in [9.17, 15) is 13.2 Å². The number of hydrogen-bond acceptors (Lipinski definition) is 5. The lowest BCUT2D eigenvalue weighted by atomic mass is 10.1. The summed E-state index contributed by atoms with van der Waals surface area (Å²) in [7, 11) is -0.716. The molecule has 7 nitrogen and oxygen atoms in total. The Labute approximate surface area is 162 Å². The zero-order chi connectivity index (χ0) is 20.2. The number of sulfonamides is 1. The highest BCUT2D eigenvalue weighted by molar-refractivity contribution is 7.89. The zero-order valence-corrected chi connectivity index (χ0v) is 17.7. The Hall–Kier alpha value is -1.64. The van der Waals surface area contributed by atoms with Gasteiger partial charge in [0.2, 0.25) is 15.9 Å². The number of aryl methyl sites for hydroxylation is 2. The summed E-state index contributed by atoms with van der Waals surface area (Å²) in [5.74, 6) is 0.354. The van der Waals surface area contributed by atoms with E-state index in [4.69, 9.17) is 4.74 Å². The van der Waals surface area contributed by atoms with Gasteiger partial charge in [0.25, 0.3) is 0 Å². The molecule has 0 atom stereocenters. The second-order valence-electron chi connectivity index (χ2n) is 6.96. The third-order valence-corrected chi connectivity index (χ3v) is 6.80. The number of hydrogen-bond donors (Lipinski definition) is 1. The lowest BCUT2D eigenvalue weighted by Gasteiger charge is -2.26. The molecule has 1 aromatic carbocycles. The molecule has 1 saturated carbocycles. The molecule has 152 valence electrons. The molecule has 0 unspecified atom stereocenters. The molecule has 1 aromatic rings. The van der Waals surface area contributed by atoms with E-state index < -0.39 is 10.0 Å². The van der Waals surface area contributed by atoms with E-state index in [1.54, 1.807) is 19.2 Å². The van der Waals surface area contributed by atoms with E-state index in [2.05, 4.69) is 17.1 Å². The molecule has 1 fully saturated rings. The second kappa shape index (κ2) is 9.03. The minimum Gasteiger partial charge on any atom is -0.496 e. The molecule has 0 heterocycles. The van der Waals surface area contributed by atoms with Crippen molar-refractivity contribution in [3.63, 3.8) is 0 Å². The van der Waals surface area contributed by atoms with Crippen molar-refractivity contribution in [2.75, 3.05) is 40.3 Å². The first-order valence-corrected chi connectivity index (χ1v) is 10.8. The first-order chi connectivity index (χ1) is 12.7. The Bertz CT molecular complexity index is 752. The Morgan fingerprint density at radius 2 is 1.81 bits per heavy atom. The summed E-state index contributed by atoms with van der Waals surface area (Å²) >= 11 is 0. The average Bonchev–Trinajstić information content (AvgIpc) is 3.45. The number of amides is 1. The molecule has 0 aliphatic heterocycles. The van der Waals surface area contributed by atoms with Gasteiger partial charge < -0.3 is 10.1 Å². The van der Waals surface area contributed by atoms with Gasteiger partial charge in [0.15, 0.2) is 0 Å². The van der Waals surface area contributed by atoms with E-state index in [1.807, 2.05) is 13.8 Å².